The minimum atomic E-state index is -0.815. The Bertz CT molecular complexity index is 752. The summed E-state index contributed by atoms with van der Waals surface area (Å²) in [7, 11) is 0. The van der Waals surface area contributed by atoms with E-state index in [0.717, 1.165) is 49.8 Å². The van der Waals surface area contributed by atoms with Crippen molar-refractivity contribution in [3.05, 3.63) is 22.4 Å². The molecule has 0 radical (unpaired) electrons. The van der Waals surface area contributed by atoms with E-state index in [-0.39, 0.29) is 23.8 Å². The van der Waals surface area contributed by atoms with Gasteiger partial charge in [0.15, 0.2) is 0 Å². The number of thiophene rings is 1. The van der Waals surface area contributed by atoms with Gasteiger partial charge in [-0.2, -0.15) is 0 Å². The predicted molar refractivity (Wildman–Crippen MR) is 117 cm³/mol. The number of nitrogens with one attached hydrogen (secondary N) is 2. The van der Waals surface area contributed by atoms with Crippen LogP contribution in [0.2, 0.25) is 0 Å². The van der Waals surface area contributed by atoms with Crippen molar-refractivity contribution in [1.29, 1.82) is 0 Å². The number of carbonyl (C=O) groups is 3. The van der Waals surface area contributed by atoms with Crippen molar-refractivity contribution in [2.24, 2.45) is 0 Å². The van der Waals surface area contributed by atoms with E-state index in [0.29, 0.717) is 32.2 Å². The highest BCUT2D eigenvalue weighted by atomic mass is 32.1. The molecule has 0 spiro atoms. The molecule has 2 N–H and O–H groups in total. The standard InChI is InChI=1S/C23H33N3O3S/c27-20-12-11-19(25-20)21(28)26(16-18-10-7-15-30-18)23(13-5-2-6-14-23)22(29)24-17-8-3-1-4-9-17/h7,10,15,17,19H,1-6,8-9,11-14,16H2,(H,24,29)(H,25,27)/t19-/m0/s1. The molecule has 4 rings (SSSR count). The molecule has 0 aromatic carbocycles. The predicted octanol–water partition coefficient (Wildman–Crippen LogP) is 3.51. The lowest BCUT2D eigenvalue weighted by Gasteiger charge is -2.46. The van der Waals surface area contributed by atoms with E-state index in [4.69, 9.17) is 0 Å². The largest absolute Gasteiger partial charge is 0.351 e. The molecule has 164 valence electrons. The maximum Gasteiger partial charge on any atom is 0.246 e. The Labute approximate surface area is 182 Å². The van der Waals surface area contributed by atoms with Crippen molar-refractivity contribution in [2.75, 3.05) is 0 Å². The molecular formula is C23H33N3O3S. The zero-order valence-corrected chi connectivity index (χ0v) is 18.5. The van der Waals surface area contributed by atoms with Crippen molar-refractivity contribution in [1.82, 2.24) is 15.5 Å². The molecule has 2 heterocycles. The van der Waals surface area contributed by atoms with Crippen molar-refractivity contribution < 1.29 is 14.4 Å². The smallest absolute Gasteiger partial charge is 0.246 e. The van der Waals surface area contributed by atoms with E-state index >= 15 is 0 Å². The summed E-state index contributed by atoms with van der Waals surface area (Å²) in [6, 6.07) is 3.71. The third-order valence-corrected chi connectivity index (χ3v) is 7.88. The summed E-state index contributed by atoms with van der Waals surface area (Å²) in [5, 5.41) is 8.16. The summed E-state index contributed by atoms with van der Waals surface area (Å²) in [6.07, 6.45) is 10.9. The molecule has 1 aromatic heterocycles. The molecular weight excluding hydrogens is 398 g/mol. The van der Waals surface area contributed by atoms with Crippen LogP contribution in [0.3, 0.4) is 0 Å². The van der Waals surface area contributed by atoms with Crippen LogP contribution in [-0.2, 0) is 20.9 Å². The Morgan fingerprint density at radius 3 is 2.47 bits per heavy atom. The Kier molecular flexibility index (Phi) is 6.76. The fourth-order valence-corrected chi connectivity index (χ4v) is 6.00. The Balaban J connectivity index is 1.62. The zero-order valence-electron chi connectivity index (χ0n) is 17.7. The van der Waals surface area contributed by atoms with Gasteiger partial charge in [-0.15, -0.1) is 11.3 Å². The molecule has 0 bridgehead atoms. The summed E-state index contributed by atoms with van der Waals surface area (Å²) in [5.41, 5.74) is -0.815. The highest BCUT2D eigenvalue weighted by Gasteiger charge is 2.49. The van der Waals surface area contributed by atoms with Crippen LogP contribution in [-0.4, -0.2) is 40.2 Å². The average Bonchev–Trinajstić information content (AvgIpc) is 3.44. The van der Waals surface area contributed by atoms with Crippen LogP contribution in [0.15, 0.2) is 17.5 Å². The summed E-state index contributed by atoms with van der Waals surface area (Å²) in [6.45, 7) is 0.432. The third-order valence-electron chi connectivity index (χ3n) is 7.01. The first-order valence-electron chi connectivity index (χ1n) is 11.5. The SMILES string of the molecule is O=C1CC[C@@H](C(=O)N(Cc2cccs2)C2(C(=O)NC3CCCCC3)CCCCC2)N1. The molecule has 1 atom stereocenters. The lowest BCUT2D eigenvalue weighted by molar-refractivity contribution is -0.153. The second-order valence-corrected chi connectivity index (χ2v) is 10.1. The van der Waals surface area contributed by atoms with Crippen molar-refractivity contribution in [3.63, 3.8) is 0 Å². The average molecular weight is 432 g/mol. The van der Waals surface area contributed by atoms with E-state index < -0.39 is 11.6 Å². The second kappa shape index (κ2) is 9.50. The molecule has 3 amide bonds. The van der Waals surface area contributed by atoms with Gasteiger partial charge >= 0.3 is 0 Å². The molecule has 30 heavy (non-hydrogen) atoms. The van der Waals surface area contributed by atoms with Crippen LogP contribution < -0.4 is 10.6 Å². The molecule has 0 unspecified atom stereocenters. The highest BCUT2D eigenvalue weighted by Crippen LogP contribution is 2.37. The van der Waals surface area contributed by atoms with Crippen LogP contribution in [0.1, 0.15) is 81.9 Å². The fourth-order valence-electron chi connectivity index (χ4n) is 5.31. The molecule has 6 nitrogen and oxygen atoms in total. The topological polar surface area (TPSA) is 78.5 Å². The first kappa shape index (κ1) is 21.3. The molecule has 3 fully saturated rings. The normalized spacial score (nSPS) is 24.3. The minimum Gasteiger partial charge on any atom is -0.351 e. The fraction of sp³-hybridized carbons (Fsp3) is 0.696. The maximum atomic E-state index is 13.8. The van der Waals surface area contributed by atoms with E-state index in [1.807, 2.05) is 22.4 Å². The molecule has 1 aliphatic heterocycles. The molecule has 1 saturated heterocycles. The lowest BCUT2D eigenvalue weighted by atomic mass is 9.78. The van der Waals surface area contributed by atoms with Crippen LogP contribution in [0.4, 0.5) is 0 Å². The van der Waals surface area contributed by atoms with Crippen LogP contribution in [0.5, 0.6) is 0 Å². The van der Waals surface area contributed by atoms with Crippen LogP contribution in [0.25, 0.3) is 0 Å². The van der Waals surface area contributed by atoms with Gasteiger partial charge in [0.2, 0.25) is 17.7 Å². The van der Waals surface area contributed by atoms with E-state index in [2.05, 4.69) is 10.6 Å². The summed E-state index contributed by atoms with van der Waals surface area (Å²) < 4.78 is 0. The van der Waals surface area contributed by atoms with Gasteiger partial charge in [-0.25, -0.2) is 0 Å². The van der Waals surface area contributed by atoms with Gasteiger partial charge in [0.05, 0.1) is 6.54 Å². The van der Waals surface area contributed by atoms with Crippen molar-refractivity contribution in [2.45, 2.75) is 101 Å². The first-order chi connectivity index (χ1) is 14.6. The lowest BCUT2D eigenvalue weighted by Crippen LogP contribution is -2.64. The quantitative estimate of drug-likeness (QED) is 0.724. The Morgan fingerprint density at radius 1 is 1.10 bits per heavy atom. The molecule has 7 heteroatoms. The van der Waals surface area contributed by atoms with Crippen LogP contribution >= 0.6 is 11.3 Å². The minimum absolute atomic E-state index is 0.0170. The van der Waals surface area contributed by atoms with Gasteiger partial charge in [0, 0.05) is 17.3 Å². The zero-order chi connectivity index (χ0) is 21.0. The highest BCUT2D eigenvalue weighted by molar-refractivity contribution is 7.09. The maximum absolute atomic E-state index is 13.8. The van der Waals surface area contributed by atoms with E-state index in [9.17, 15) is 14.4 Å². The van der Waals surface area contributed by atoms with Crippen LogP contribution in [0, 0.1) is 0 Å². The van der Waals surface area contributed by atoms with Gasteiger partial charge in [-0.1, -0.05) is 44.6 Å². The Hall–Kier alpha value is -1.89. The van der Waals surface area contributed by atoms with Crippen molar-refractivity contribution >= 4 is 29.1 Å². The second-order valence-electron chi connectivity index (χ2n) is 9.06. The number of rotatable bonds is 6. The molecule has 2 aliphatic carbocycles. The first-order valence-corrected chi connectivity index (χ1v) is 12.4. The van der Waals surface area contributed by atoms with Gasteiger partial charge in [0.1, 0.15) is 11.6 Å². The van der Waals surface area contributed by atoms with Gasteiger partial charge in [-0.3, -0.25) is 14.4 Å². The summed E-state index contributed by atoms with van der Waals surface area (Å²) in [4.78, 5) is 42.1. The molecule has 2 saturated carbocycles. The summed E-state index contributed by atoms with van der Waals surface area (Å²) in [5.74, 6) is -0.160. The van der Waals surface area contributed by atoms with Gasteiger partial charge < -0.3 is 15.5 Å². The number of hydrogen-bond acceptors (Lipinski definition) is 4. The number of amides is 3. The van der Waals surface area contributed by atoms with Gasteiger partial charge in [0.25, 0.3) is 0 Å². The van der Waals surface area contributed by atoms with E-state index in [1.54, 1.807) is 11.3 Å². The number of carbonyl (C=O) groups excluding carboxylic acids is 3. The monoisotopic (exact) mass is 431 g/mol. The Morgan fingerprint density at radius 2 is 1.83 bits per heavy atom. The molecule has 3 aliphatic rings. The van der Waals surface area contributed by atoms with Crippen molar-refractivity contribution in [3.8, 4) is 0 Å². The third kappa shape index (κ3) is 4.56. The number of hydrogen-bond donors (Lipinski definition) is 2. The number of nitrogens with zero attached hydrogens (tertiary/aromatic N) is 1. The summed E-state index contributed by atoms with van der Waals surface area (Å²) >= 11 is 1.61. The van der Waals surface area contributed by atoms with E-state index in [1.165, 1.54) is 6.42 Å². The van der Waals surface area contributed by atoms with Gasteiger partial charge in [-0.05, 0) is 43.6 Å². The molecule has 1 aromatic rings.